The van der Waals surface area contributed by atoms with Gasteiger partial charge < -0.3 is 20.5 Å². The van der Waals surface area contributed by atoms with E-state index in [1.54, 1.807) is 12.1 Å². The highest BCUT2D eigenvalue weighted by molar-refractivity contribution is 5.96. The zero-order valence-corrected chi connectivity index (χ0v) is 15.6. The molecule has 2 aromatic carbocycles. The van der Waals surface area contributed by atoms with Crippen LogP contribution >= 0.6 is 12.4 Å². The molecule has 1 aliphatic heterocycles. The van der Waals surface area contributed by atoms with Gasteiger partial charge in [0.2, 0.25) is 0 Å². The number of rotatable bonds is 6. The van der Waals surface area contributed by atoms with Gasteiger partial charge in [-0.3, -0.25) is 4.79 Å². The van der Waals surface area contributed by atoms with Crippen LogP contribution in [0.2, 0.25) is 0 Å². The fourth-order valence-electron chi connectivity index (χ4n) is 2.95. The van der Waals surface area contributed by atoms with Gasteiger partial charge in [-0.15, -0.1) is 12.4 Å². The summed E-state index contributed by atoms with van der Waals surface area (Å²) in [5.41, 5.74) is 2.77. The molecule has 0 aromatic heterocycles. The number of para-hydroxylation sites is 1. The van der Waals surface area contributed by atoms with Crippen LogP contribution in [0.15, 0.2) is 48.5 Å². The molecule has 1 amide bonds. The van der Waals surface area contributed by atoms with Crippen LogP contribution in [0, 0.1) is 12.8 Å². The second-order valence-electron chi connectivity index (χ2n) is 6.41. The number of carbonyl (C=O) groups excluding carboxylic acids is 1. The Bertz CT molecular complexity index is 739. The van der Waals surface area contributed by atoms with Gasteiger partial charge in [0.15, 0.2) is 0 Å². The van der Waals surface area contributed by atoms with E-state index in [1.807, 2.05) is 43.3 Å². The first kappa shape index (κ1) is 20.2. The number of aliphatic hydroxyl groups excluding tert-OH is 1. The predicted molar refractivity (Wildman–Crippen MR) is 104 cm³/mol. The standard InChI is InChI=1S/C20H24N2O3.ClH/c1-14-6-2-3-7-15(14)13-25-19-9-5-4-8-17(19)20(24)22-11-16-10-21-12-18(16)23;/h2-9,16,18,21,23H,10-13H2,1H3,(H,22,24);1H. The van der Waals surface area contributed by atoms with Crippen molar-refractivity contribution in [3.63, 3.8) is 0 Å². The Morgan fingerprint density at radius 1 is 1.19 bits per heavy atom. The summed E-state index contributed by atoms with van der Waals surface area (Å²) in [7, 11) is 0. The number of ether oxygens (including phenoxy) is 1. The van der Waals surface area contributed by atoms with Crippen LogP contribution in [0.1, 0.15) is 21.5 Å². The van der Waals surface area contributed by atoms with Gasteiger partial charge in [-0.05, 0) is 30.2 Å². The lowest BCUT2D eigenvalue weighted by Gasteiger charge is -2.16. The van der Waals surface area contributed by atoms with Gasteiger partial charge in [-0.1, -0.05) is 36.4 Å². The number of amides is 1. The van der Waals surface area contributed by atoms with Crippen molar-refractivity contribution < 1.29 is 14.6 Å². The van der Waals surface area contributed by atoms with Gasteiger partial charge >= 0.3 is 0 Å². The molecule has 3 N–H and O–H groups in total. The number of hydrogen-bond acceptors (Lipinski definition) is 4. The molecule has 0 radical (unpaired) electrons. The van der Waals surface area contributed by atoms with Crippen LogP contribution in [0.3, 0.4) is 0 Å². The fraction of sp³-hybridized carbons (Fsp3) is 0.350. The molecule has 2 unspecified atom stereocenters. The Morgan fingerprint density at radius 3 is 2.65 bits per heavy atom. The highest BCUT2D eigenvalue weighted by Crippen LogP contribution is 2.20. The molecule has 0 bridgehead atoms. The minimum absolute atomic E-state index is 0. The van der Waals surface area contributed by atoms with Gasteiger partial charge in [0.05, 0.1) is 11.7 Å². The van der Waals surface area contributed by atoms with Gasteiger partial charge in [0, 0.05) is 25.6 Å². The lowest BCUT2D eigenvalue weighted by molar-refractivity contribution is 0.0922. The first-order chi connectivity index (χ1) is 12.1. The van der Waals surface area contributed by atoms with E-state index in [9.17, 15) is 9.90 Å². The van der Waals surface area contributed by atoms with Crippen molar-refractivity contribution in [2.24, 2.45) is 5.92 Å². The number of halogens is 1. The number of nitrogens with one attached hydrogen (secondary N) is 2. The third kappa shape index (κ3) is 4.97. The summed E-state index contributed by atoms with van der Waals surface area (Å²) in [5, 5.41) is 15.8. The molecule has 3 rings (SSSR count). The molecule has 2 aromatic rings. The maximum Gasteiger partial charge on any atom is 0.255 e. The third-order valence-corrected chi connectivity index (χ3v) is 4.61. The monoisotopic (exact) mass is 376 g/mol. The smallest absolute Gasteiger partial charge is 0.255 e. The van der Waals surface area contributed by atoms with Crippen molar-refractivity contribution in [3.05, 3.63) is 65.2 Å². The van der Waals surface area contributed by atoms with Crippen LogP contribution in [0.4, 0.5) is 0 Å². The number of benzene rings is 2. The van der Waals surface area contributed by atoms with E-state index in [2.05, 4.69) is 10.6 Å². The van der Waals surface area contributed by atoms with E-state index < -0.39 is 6.10 Å². The number of carbonyl (C=O) groups is 1. The van der Waals surface area contributed by atoms with Gasteiger partial charge in [-0.2, -0.15) is 0 Å². The van der Waals surface area contributed by atoms with Crippen LogP contribution in [0.5, 0.6) is 5.75 Å². The lowest BCUT2D eigenvalue weighted by atomic mass is 10.1. The largest absolute Gasteiger partial charge is 0.488 e. The van der Waals surface area contributed by atoms with E-state index in [4.69, 9.17) is 4.74 Å². The Balaban J connectivity index is 0.00000243. The van der Waals surface area contributed by atoms with E-state index in [0.717, 1.165) is 11.1 Å². The average molecular weight is 377 g/mol. The molecule has 1 aliphatic rings. The Morgan fingerprint density at radius 2 is 1.92 bits per heavy atom. The predicted octanol–water partition coefficient (Wildman–Crippen LogP) is 2.31. The molecule has 140 valence electrons. The fourth-order valence-corrected chi connectivity index (χ4v) is 2.95. The average Bonchev–Trinajstić information content (AvgIpc) is 3.04. The second-order valence-corrected chi connectivity index (χ2v) is 6.41. The topological polar surface area (TPSA) is 70.6 Å². The zero-order chi connectivity index (χ0) is 17.6. The molecule has 26 heavy (non-hydrogen) atoms. The molecule has 0 saturated carbocycles. The highest BCUT2D eigenvalue weighted by Gasteiger charge is 2.25. The SMILES string of the molecule is Cc1ccccc1COc1ccccc1C(=O)NCC1CNCC1O.Cl. The van der Waals surface area contributed by atoms with Crippen molar-refractivity contribution in [1.82, 2.24) is 10.6 Å². The number of hydrogen-bond donors (Lipinski definition) is 3. The minimum Gasteiger partial charge on any atom is -0.488 e. The van der Waals surface area contributed by atoms with Gasteiger partial charge in [0.25, 0.3) is 5.91 Å². The van der Waals surface area contributed by atoms with Crippen molar-refractivity contribution in [1.29, 1.82) is 0 Å². The first-order valence-corrected chi connectivity index (χ1v) is 8.58. The Kier molecular flexibility index (Phi) is 7.45. The summed E-state index contributed by atoms with van der Waals surface area (Å²) in [6.07, 6.45) is -0.409. The van der Waals surface area contributed by atoms with E-state index in [-0.39, 0.29) is 24.2 Å². The van der Waals surface area contributed by atoms with Crippen LogP contribution in [-0.4, -0.2) is 36.8 Å². The molecule has 6 heteroatoms. The quantitative estimate of drug-likeness (QED) is 0.723. The molecule has 1 heterocycles. The van der Waals surface area contributed by atoms with Crippen LogP contribution in [-0.2, 0) is 6.61 Å². The molecule has 2 atom stereocenters. The molecular formula is C20H25ClN2O3. The summed E-state index contributed by atoms with van der Waals surface area (Å²) in [6, 6.07) is 15.3. The van der Waals surface area contributed by atoms with Gasteiger partial charge in [-0.25, -0.2) is 0 Å². The number of aryl methyl sites for hydroxylation is 1. The van der Waals surface area contributed by atoms with Crippen LogP contribution < -0.4 is 15.4 Å². The molecule has 5 nitrogen and oxygen atoms in total. The first-order valence-electron chi connectivity index (χ1n) is 8.58. The summed E-state index contributed by atoms with van der Waals surface area (Å²) < 4.78 is 5.90. The van der Waals surface area contributed by atoms with E-state index >= 15 is 0 Å². The Labute approximate surface area is 160 Å². The van der Waals surface area contributed by atoms with Crippen molar-refractivity contribution >= 4 is 18.3 Å². The normalized spacial score (nSPS) is 18.8. The number of aliphatic hydroxyl groups is 1. The second kappa shape index (κ2) is 9.57. The number of β-amino-alcohol motifs (C(OH)–C–C–N with tert-alkyl or cyclic N) is 1. The van der Waals surface area contributed by atoms with E-state index in [1.165, 1.54) is 0 Å². The molecule has 0 aliphatic carbocycles. The summed E-state index contributed by atoms with van der Waals surface area (Å²) in [4.78, 5) is 12.5. The van der Waals surface area contributed by atoms with E-state index in [0.29, 0.717) is 37.6 Å². The molecule has 0 spiro atoms. The molecule has 1 fully saturated rings. The summed E-state index contributed by atoms with van der Waals surface area (Å²) in [6.45, 7) is 4.20. The maximum absolute atomic E-state index is 12.5. The molecular weight excluding hydrogens is 352 g/mol. The van der Waals surface area contributed by atoms with Crippen molar-refractivity contribution in [2.45, 2.75) is 19.6 Å². The third-order valence-electron chi connectivity index (χ3n) is 4.61. The zero-order valence-electron chi connectivity index (χ0n) is 14.8. The lowest BCUT2D eigenvalue weighted by Crippen LogP contribution is -2.34. The summed E-state index contributed by atoms with van der Waals surface area (Å²) >= 11 is 0. The maximum atomic E-state index is 12.5. The van der Waals surface area contributed by atoms with Crippen molar-refractivity contribution in [3.8, 4) is 5.75 Å². The summed E-state index contributed by atoms with van der Waals surface area (Å²) in [5.74, 6) is 0.428. The molecule has 1 saturated heterocycles. The Hall–Kier alpha value is -2.08. The highest BCUT2D eigenvalue weighted by atomic mass is 35.5. The minimum atomic E-state index is -0.409. The van der Waals surface area contributed by atoms with Crippen molar-refractivity contribution in [2.75, 3.05) is 19.6 Å². The van der Waals surface area contributed by atoms with Crippen LogP contribution in [0.25, 0.3) is 0 Å². The van der Waals surface area contributed by atoms with Gasteiger partial charge in [0.1, 0.15) is 12.4 Å².